The molecular formula is C19H26N2. The summed E-state index contributed by atoms with van der Waals surface area (Å²) in [5, 5.41) is 3.23. The van der Waals surface area contributed by atoms with Crippen LogP contribution in [0.1, 0.15) is 29.2 Å². The van der Waals surface area contributed by atoms with Gasteiger partial charge in [0.1, 0.15) is 0 Å². The monoisotopic (exact) mass is 282 g/mol. The molecule has 21 heavy (non-hydrogen) atoms. The van der Waals surface area contributed by atoms with Gasteiger partial charge in [0.15, 0.2) is 0 Å². The molecule has 0 aliphatic heterocycles. The average Bonchev–Trinajstić information content (AvgIpc) is 2.51. The van der Waals surface area contributed by atoms with Crippen molar-refractivity contribution in [1.29, 1.82) is 0 Å². The molecule has 0 saturated heterocycles. The lowest BCUT2D eigenvalue weighted by Gasteiger charge is -2.30. The second-order valence-corrected chi connectivity index (χ2v) is 5.61. The van der Waals surface area contributed by atoms with Crippen molar-refractivity contribution in [3.63, 3.8) is 0 Å². The quantitative estimate of drug-likeness (QED) is 0.780. The minimum absolute atomic E-state index is 0.323. The summed E-state index contributed by atoms with van der Waals surface area (Å²) in [6.45, 7) is 4.33. The Bertz CT molecular complexity index is 536. The second kappa shape index (κ2) is 7.96. The maximum absolute atomic E-state index is 3.23. The maximum atomic E-state index is 3.23. The van der Waals surface area contributed by atoms with Crippen molar-refractivity contribution in [1.82, 2.24) is 10.2 Å². The predicted molar refractivity (Wildman–Crippen MR) is 90.6 cm³/mol. The van der Waals surface area contributed by atoms with Crippen molar-refractivity contribution < 1.29 is 0 Å². The Morgan fingerprint density at radius 2 is 1.67 bits per heavy atom. The lowest BCUT2D eigenvalue weighted by molar-refractivity contribution is 0.274. The van der Waals surface area contributed by atoms with Crippen LogP contribution in [0.3, 0.4) is 0 Å². The summed E-state index contributed by atoms with van der Waals surface area (Å²) in [4.78, 5) is 2.45. The molecule has 0 bridgehead atoms. The molecule has 2 aromatic rings. The Kier molecular flexibility index (Phi) is 5.97. The zero-order chi connectivity index (χ0) is 15.1. The summed E-state index contributed by atoms with van der Waals surface area (Å²) in [6.07, 6.45) is 1.15. The summed E-state index contributed by atoms with van der Waals surface area (Å²) in [5.74, 6) is 0. The van der Waals surface area contributed by atoms with Crippen LogP contribution in [-0.4, -0.2) is 32.1 Å². The Morgan fingerprint density at radius 1 is 1.00 bits per heavy atom. The summed E-state index contributed by atoms with van der Waals surface area (Å²) < 4.78 is 0. The summed E-state index contributed by atoms with van der Waals surface area (Å²) >= 11 is 0. The third kappa shape index (κ3) is 4.16. The molecule has 0 saturated carbocycles. The molecule has 0 radical (unpaired) electrons. The van der Waals surface area contributed by atoms with Gasteiger partial charge in [0.05, 0.1) is 6.04 Å². The van der Waals surface area contributed by atoms with Gasteiger partial charge in [-0.05, 0) is 57.2 Å². The molecule has 0 aliphatic rings. The number of hydrogen-bond donors (Lipinski definition) is 1. The second-order valence-electron chi connectivity index (χ2n) is 5.61. The van der Waals surface area contributed by atoms with E-state index < -0.39 is 0 Å². The normalized spacial score (nSPS) is 12.6. The van der Waals surface area contributed by atoms with Crippen LogP contribution < -0.4 is 5.32 Å². The molecule has 0 aromatic heterocycles. The van der Waals surface area contributed by atoms with E-state index in [1.54, 1.807) is 0 Å². The highest BCUT2D eigenvalue weighted by Gasteiger charge is 2.20. The average molecular weight is 282 g/mol. The van der Waals surface area contributed by atoms with Crippen molar-refractivity contribution in [2.75, 3.05) is 27.2 Å². The van der Waals surface area contributed by atoms with Gasteiger partial charge in [-0.1, -0.05) is 54.6 Å². The van der Waals surface area contributed by atoms with Crippen LogP contribution in [0.25, 0.3) is 0 Å². The van der Waals surface area contributed by atoms with E-state index in [2.05, 4.69) is 78.8 Å². The van der Waals surface area contributed by atoms with E-state index in [0.29, 0.717) is 6.04 Å². The van der Waals surface area contributed by atoms with Crippen LogP contribution >= 0.6 is 0 Å². The topological polar surface area (TPSA) is 15.3 Å². The van der Waals surface area contributed by atoms with Gasteiger partial charge >= 0.3 is 0 Å². The fourth-order valence-corrected chi connectivity index (χ4v) is 2.83. The first-order valence-electron chi connectivity index (χ1n) is 7.69. The van der Waals surface area contributed by atoms with Crippen molar-refractivity contribution in [2.24, 2.45) is 0 Å². The van der Waals surface area contributed by atoms with Crippen molar-refractivity contribution >= 4 is 0 Å². The highest BCUT2D eigenvalue weighted by Crippen LogP contribution is 2.29. The maximum Gasteiger partial charge on any atom is 0.0601 e. The van der Waals surface area contributed by atoms with Gasteiger partial charge in [-0.2, -0.15) is 0 Å². The number of aryl methyl sites for hydroxylation is 1. The SMILES string of the molecule is CNCCCN(C)C(c1ccccc1)c1ccccc1C. The van der Waals surface area contributed by atoms with E-state index >= 15 is 0 Å². The Morgan fingerprint density at radius 3 is 2.33 bits per heavy atom. The minimum atomic E-state index is 0.323. The standard InChI is InChI=1S/C19H26N2/c1-16-10-7-8-13-18(16)19(17-11-5-4-6-12-17)21(3)15-9-14-20-2/h4-8,10-13,19-20H,9,14-15H2,1-3H3. The molecular weight excluding hydrogens is 256 g/mol. The van der Waals surface area contributed by atoms with E-state index in [4.69, 9.17) is 0 Å². The first kappa shape index (κ1) is 15.7. The van der Waals surface area contributed by atoms with E-state index in [0.717, 1.165) is 19.5 Å². The van der Waals surface area contributed by atoms with Crippen molar-refractivity contribution in [2.45, 2.75) is 19.4 Å². The summed E-state index contributed by atoms with van der Waals surface area (Å²) in [5.41, 5.74) is 4.11. The molecule has 1 N–H and O–H groups in total. The van der Waals surface area contributed by atoms with Crippen molar-refractivity contribution in [3.8, 4) is 0 Å². The summed E-state index contributed by atoms with van der Waals surface area (Å²) in [6, 6.07) is 19.8. The van der Waals surface area contributed by atoms with E-state index in [1.165, 1.54) is 16.7 Å². The van der Waals surface area contributed by atoms with Gasteiger partial charge in [-0.25, -0.2) is 0 Å². The zero-order valence-electron chi connectivity index (χ0n) is 13.3. The number of nitrogens with zero attached hydrogens (tertiary/aromatic N) is 1. The van der Waals surface area contributed by atoms with Crippen LogP contribution in [0.4, 0.5) is 0 Å². The van der Waals surface area contributed by atoms with E-state index in [1.807, 2.05) is 7.05 Å². The first-order valence-corrected chi connectivity index (χ1v) is 7.69. The molecule has 0 fully saturated rings. The van der Waals surface area contributed by atoms with Crippen LogP contribution in [0.5, 0.6) is 0 Å². The molecule has 2 rings (SSSR count). The number of benzene rings is 2. The number of nitrogens with one attached hydrogen (secondary N) is 1. The highest BCUT2D eigenvalue weighted by molar-refractivity contribution is 5.36. The lowest BCUT2D eigenvalue weighted by atomic mass is 9.94. The molecule has 2 nitrogen and oxygen atoms in total. The van der Waals surface area contributed by atoms with Crippen LogP contribution in [0, 0.1) is 6.92 Å². The summed E-state index contributed by atoms with van der Waals surface area (Å²) in [7, 11) is 4.23. The van der Waals surface area contributed by atoms with Crippen LogP contribution in [-0.2, 0) is 0 Å². The van der Waals surface area contributed by atoms with Gasteiger partial charge in [0, 0.05) is 0 Å². The van der Waals surface area contributed by atoms with Crippen LogP contribution in [0.2, 0.25) is 0 Å². The molecule has 2 heteroatoms. The van der Waals surface area contributed by atoms with Gasteiger partial charge in [0.2, 0.25) is 0 Å². The number of hydrogen-bond acceptors (Lipinski definition) is 2. The fraction of sp³-hybridized carbons (Fsp3) is 0.368. The fourth-order valence-electron chi connectivity index (χ4n) is 2.83. The minimum Gasteiger partial charge on any atom is -0.320 e. The molecule has 1 unspecified atom stereocenters. The molecule has 0 heterocycles. The van der Waals surface area contributed by atoms with Gasteiger partial charge in [0.25, 0.3) is 0 Å². The van der Waals surface area contributed by atoms with Gasteiger partial charge < -0.3 is 5.32 Å². The largest absolute Gasteiger partial charge is 0.320 e. The Hall–Kier alpha value is -1.64. The third-order valence-electron chi connectivity index (χ3n) is 3.98. The van der Waals surface area contributed by atoms with Gasteiger partial charge in [-0.3, -0.25) is 4.90 Å². The third-order valence-corrected chi connectivity index (χ3v) is 3.98. The number of rotatable bonds is 7. The first-order chi connectivity index (χ1) is 10.2. The molecule has 0 amide bonds. The Labute approximate surface area is 128 Å². The molecule has 112 valence electrons. The smallest absolute Gasteiger partial charge is 0.0601 e. The molecule has 0 aliphatic carbocycles. The van der Waals surface area contributed by atoms with Crippen LogP contribution in [0.15, 0.2) is 54.6 Å². The molecule has 1 atom stereocenters. The predicted octanol–water partition coefficient (Wildman–Crippen LogP) is 3.63. The van der Waals surface area contributed by atoms with E-state index in [9.17, 15) is 0 Å². The molecule has 0 spiro atoms. The molecule has 2 aromatic carbocycles. The lowest BCUT2D eigenvalue weighted by Crippen LogP contribution is -2.28. The van der Waals surface area contributed by atoms with Crippen molar-refractivity contribution in [3.05, 3.63) is 71.3 Å². The highest BCUT2D eigenvalue weighted by atomic mass is 15.1. The van der Waals surface area contributed by atoms with Gasteiger partial charge in [-0.15, -0.1) is 0 Å². The Balaban J connectivity index is 2.29. The van der Waals surface area contributed by atoms with E-state index in [-0.39, 0.29) is 0 Å². The zero-order valence-corrected chi connectivity index (χ0v) is 13.3.